The normalized spacial score (nSPS) is 21.4. The third-order valence-corrected chi connectivity index (χ3v) is 6.91. The Bertz CT molecular complexity index is 1140. The zero-order valence-corrected chi connectivity index (χ0v) is 18.8. The van der Waals surface area contributed by atoms with E-state index in [-0.39, 0.29) is 24.0 Å². The number of likely N-dealkylation sites (tertiary alicyclic amines) is 1. The lowest BCUT2D eigenvalue weighted by Gasteiger charge is -2.42. The van der Waals surface area contributed by atoms with E-state index in [0.29, 0.717) is 31.7 Å². The Morgan fingerprint density at radius 1 is 1.00 bits per heavy atom. The molecule has 2 aliphatic heterocycles. The molecule has 2 fully saturated rings. The van der Waals surface area contributed by atoms with Gasteiger partial charge in [-0.1, -0.05) is 42.5 Å². The Labute approximate surface area is 194 Å². The first-order chi connectivity index (χ1) is 16.1. The minimum atomic E-state index is -0.375. The zero-order valence-electron chi connectivity index (χ0n) is 18.8. The average Bonchev–Trinajstić information content (AvgIpc) is 3.07. The fraction of sp³-hybridized carbons (Fsp3) is 0.370. The largest absolute Gasteiger partial charge is 0.363 e. The first-order valence-electron chi connectivity index (χ1n) is 11.7. The van der Waals surface area contributed by atoms with Crippen LogP contribution in [0.5, 0.6) is 0 Å². The van der Waals surface area contributed by atoms with Crippen LogP contribution in [0, 0.1) is 0 Å². The molecule has 33 heavy (non-hydrogen) atoms. The molecule has 6 heteroatoms. The third kappa shape index (κ3) is 4.62. The summed E-state index contributed by atoms with van der Waals surface area (Å²) in [7, 11) is 0. The second-order valence-corrected chi connectivity index (χ2v) is 9.04. The summed E-state index contributed by atoms with van der Waals surface area (Å²) >= 11 is 0. The van der Waals surface area contributed by atoms with Crippen molar-refractivity contribution in [3.63, 3.8) is 0 Å². The van der Waals surface area contributed by atoms with Crippen molar-refractivity contribution in [1.82, 2.24) is 14.8 Å². The molecule has 0 radical (unpaired) electrons. The quantitative estimate of drug-likeness (QED) is 0.617. The topological polar surface area (TPSA) is 62.7 Å². The summed E-state index contributed by atoms with van der Waals surface area (Å²) in [4.78, 5) is 34.2. The lowest BCUT2D eigenvalue weighted by Crippen LogP contribution is -2.55. The molecule has 0 N–H and O–H groups in total. The number of pyridine rings is 1. The average molecular weight is 444 g/mol. The van der Waals surface area contributed by atoms with Gasteiger partial charge in [0.05, 0.1) is 11.1 Å². The fourth-order valence-corrected chi connectivity index (χ4v) is 5.03. The molecule has 3 heterocycles. The second-order valence-electron chi connectivity index (χ2n) is 9.04. The molecule has 2 aliphatic rings. The number of benzene rings is 2. The standard InChI is InChI=1S/C27H29N3O3/c31-25-19-33-27(20-30(25)17-12-21-7-2-1-3-8-21)13-6-16-29(18-14-27)26(32)23-9-4-11-24-22(23)10-5-15-28-24/h1-5,7-11,15H,6,12-14,16-20H2/t27-/m1/s1. The predicted octanol–water partition coefficient (Wildman–Crippen LogP) is 3.70. The van der Waals surface area contributed by atoms with Crippen molar-refractivity contribution >= 4 is 22.7 Å². The molecule has 170 valence electrons. The lowest BCUT2D eigenvalue weighted by atomic mass is 9.92. The van der Waals surface area contributed by atoms with Gasteiger partial charge in [0.25, 0.3) is 5.91 Å². The van der Waals surface area contributed by atoms with Gasteiger partial charge >= 0.3 is 0 Å². The van der Waals surface area contributed by atoms with Crippen LogP contribution in [0.25, 0.3) is 10.9 Å². The predicted molar refractivity (Wildman–Crippen MR) is 127 cm³/mol. The number of morpholine rings is 1. The first kappa shape index (κ1) is 21.6. The Hall–Kier alpha value is -3.25. The molecule has 1 atom stereocenters. The van der Waals surface area contributed by atoms with E-state index in [1.165, 1.54) is 5.56 Å². The summed E-state index contributed by atoms with van der Waals surface area (Å²) in [5.74, 6) is 0.0930. The number of amides is 2. The molecule has 3 aromatic rings. The highest BCUT2D eigenvalue weighted by Gasteiger charge is 2.41. The molecule has 5 rings (SSSR count). The molecule has 2 saturated heterocycles. The monoisotopic (exact) mass is 443 g/mol. The maximum absolute atomic E-state index is 13.4. The van der Waals surface area contributed by atoms with Crippen LogP contribution >= 0.6 is 0 Å². The Kier molecular flexibility index (Phi) is 6.09. The number of ether oxygens (including phenoxy) is 1. The number of carbonyl (C=O) groups excluding carboxylic acids is 2. The number of nitrogens with zero attached hydrogens (tertiary/aromatic N) is 3. The molecule has 2 amide bonds. The summed E-state index contributed by atoms with van der Waals surface area (Å²) in [6.45, 7) is 2.73. The molecule has 1 spiro atoms. The number of aromatic nitrogens is 1. The van der Waals surface area contributed by atoms with Crippen LogP contribution < -0.4 is 0 Å². The van der Waals surface area contributed by atoms with Crippen molar-refractivity contribution in [2.45, 2.75) is 31.3 Å². The molecule has 6 nitrogen and oxygen atoms in total. The number of hydrogen-bond acceptors (Lipinski definition) is 4. The van der Waals surface area contributed by atoms with Crippen LogP contribution in [-0.4, -0.2) is 65.0 Å². The van der Waals surface area contributed by atoms with Gasteiger partial charge in [0.1, 0.15) is 6.61 Å². The molecule has 0 unspecified atom stereocenters. The summed E-state index contributed by atoms with van der Waals surface area (Å²) < 4.78 is 6.15. The minimum absolute atomic E-state index is 0.0402. The van der Waals surface area contributed by atoms with Crippen molar-refractivity contribution in [3.8, 4) is 0 Å². The van der Waals surface area contributed by atoms with Gasteiger partial charge < -0.3 is 14.5 Å². The van der Waals surface area contributed by atoms with E-state index in [1.807, 2.05) is 58.3 Å². The van der Waals surface area contributed by atoms with Crippen LogP contribution in [0.3, 0.4) is 0 Å². The van der Waals surface area contributed by atoms with E-state index >= 15 is 0 Å². The Morgan fingerprint density at radius 3 is 2.76 bits per heavy atom. The van der Waals surface area contributed by atoms with E-state index in [0.717, 1.165) is 36.6 Å². The highest BCUT2D eigenvalue weighted by Crippen LogP contribution is 2.31. The van der Waals surface area contributed by atoms with Crippen molar-refractivity contribution in [2.75, 3.05) is 32.8 Å². The Morgan fingerprint density at radius 2 is 1.88 bits per heavy atom. The van der Waals surface area contributed by atoms with Crippen molar-refractivity contribution in [1.29, 1.82) is 0 Å². The van der Waals surface area contributed by atoms with Crippen LogP contribution in [0.15, 0.2) is 66.9 Å². The first-order valence-corrected chi connectivity index (χ1v) is 11.7. The fourth-order valence-electron chi connectivity index (χ4n) is 5.03. The number of rotatable bonds is 4. The number of carbonyl (C=O) groups is 2. The molecular formula is C27H29N3O3. The van der Waals surface area contributed by atoms with Crippen LogP contribution in [0.1, 0.15) is 35.2 Å². The van der Waals surface area contributed by atoms with Gasteiger partial charge in [-0.05, 0) is 49.4 Å². The van der Waals surface area contributed by atoms with E-state index in [4.69, 9.17) is 4.74 Å². The lowest BCUT2D eigenvalue weighted by molar-refractivity contribution is -0.165. The maximum Gasteiger partial charge on any atom is 0.254 e. The van der Waals surface area contributed by atoms with Crippen molar-refractivity contribution in [3.05, 3.63) is 78.0 Å². The van der Waals surface area contributed by atoms with E-state index in [9.17, 15) is 9.59 Å². The number of hydrogen-bond donors (Lipinski definition) is 0. The van der Waals surface area contributed by atoms with E-state index in [1.54, 1.807) is 6.20 Å². The van der Waals surface area contributed by atoms with Gasteiger partial charge in [-0.2, -0.15) is 0 Å². The third-order valence-electron chi connectivity index (χ3n) is 6.91. The summed E-state index contributed by atoms with van der Waals surface area (Å²) in [5.41, 5.74) is 2.38. The van der Waals surface area contributed by atoms with Gasteiger partial charge in [0.2, 0.25) is 5.91 Å². The molecule has 0 aliphatic carbocycles. The highest BCUT2D eigenvalue weighted by molar-refractivity contribution is 6.06. The van der Waals surface area contributed by atoms with Crippen LogP contribution in [0.4, 0.5) is 0 Å². The molecule has 0 saturated carbocycles. The zero-order chi connectivity index (χ0) is 22.7. The maximum atomic E-state index is 13.4. The van der Waals surface area contributed by atoms with Crippen molar-refractivity contribution < 1.29 is 14.3 Å². The van der Waals surface area contributed by atoms with Crippen molar-refractivity contribution in [2.24, 2.45) is 0 Å². The number of fused-ring (bicyclic) bond motifs is 1. The SMILES string of the molecule is O=C1CO[C@@]2(CCCN(C(=O)c3cccc4ncccc34)CC2)CN1CCc1ccccc1. The molecule has 0 bridgehead atoms. The second kappa shape index (κ2) is 9.32. The minimum Gasteiger partial charge on any atom is -0.363 e. The molecule has 2 aromatic carbocycles. The smallest absolute Gasteiger partial charge is 0.254 e. The van der Waals surface area contributed by atoms with Crippen LogP contribution in [-0.2, 0) is 16.0 Å². The van der Waals surface area contributed by atoms with Gasteiger partial charge in [-0.15, -0.1) is 0 Å². The van der Waals surface area contributed by atoms with Gasteiger partial charge in [0, 0.05) is 43.3 Å². The summed E-state index contributed by atoms with van der Waals surface area (Å²) in [6.07, 6.45) is 5.02. The van der Waals surface area contributed by atoms with Gasteiger partial charge in [0.15, 0.2) is 0 Å². The van der Waals surface area contributed by atoms with E-state index < -0.39 is 0 Å². The highest BCUT2D eigenvalue weighted by atomic mass is 16.5. The van der Waals surface area contributed by atoms with Gasteiger partial charge in [-0.3, -0.25) is 14.6 Å². The summed E-state index contributed by atoms with van der Waals surface area (Å²) in [6, 6.07) is 19.8. The Balaban J connectivity index is 1.27. The van der Waals surface area contributed by atoms with Crippen LogP contribution in [0.2, 0.25) is 0 Å². The summed E-state index contributed by atoms with van der Waals surface area (Å²) in [5, 5.41) is 0.885. The molecule has 1 aromatic heterocycles. The van der Waals surface area contributed by atoms with Gasteiger partial charge in [-0.25, -0.2) is 0 Å². The molecular weight excluding hydrogens is 414 g/mol. The van der Waals surface area contributed by atoms with E-state index in [2.05, 4.69) is 17.1 Å².